The highest BCUT2D eigenvalue weighted by atomic mass is 16.2. The zero-order valence-corrected chi connectivity index (χ0v) is 21.1. The minimum atomic E-state index is -0.0108. The molecule has 7 heteroatoms. The van der Waals surface area contributed by atoms with Gasteiger partial charge in [-0.05, 0) is 61.9 Å². The molecule has 1 aliphatic heterocycles. The number of carbonyl (C=O) groups excluding carboxylic acids is 1. The average molecular weight is 469 g/mol. The maximum Gasteiger partial charge on any atom is 0.253 e. The van der Waals surface area contributed by atoms with E-state index in [2.05, 4.69) is 52.8 Å². The van der Waals surface area contributed by atoms with E-state index in [1.165, 1.54) is 16.8 Å². The Labute approximate surface area is 206 Å². The first-order valence-electron chi connectivity index (χ1n) is 12.0. The van der Waals surface area contributed by atoms with Crippen molar-refractivity contribution in [3.63, 3.8) is 0 Å². The number of hydrogen-bond donors (Lipinski definition) is 1. The van der Waals surface area contributed by atoms with Crippen molar-refractivity contribution in [3.05, 3.63) is 65.5 Å². The van der Waals surface area contributed by atoms with E-state index in [0.717, 1.165) is 59.7 Å². The van der Waals surface area contributed by atoms with Gasteiger partial charge in [0.2, 0.25) is 0 Å². The van der Waals surface area contributed by atoms with Crippen molar-refractivity contribution in [2.75, 3.05) is 52.2 Å². The van der Waals surface area contributed by atoms with E-state index in [9.17, 15) is 4.79 Å². The maximum atomic E-state index is 12.2. The van der Waals surface area contributed by atoms with Gasteiger partial charge in [-0.15, -0.1) is 0 Å². The number of likely N-dealkylation sites (N-methyl/N-ethyl adjacent to an activating group) is 1. The molecule has 2 aromatic heterocycles. The van der Waals surface area contributed by atoms with Gasteiger partial charge in [-0.1, -0.05) is 12.1 Å². The fraction of sp³-hybridized carbons (Fsp3) is 0.321. The van der Waals surface area contributed by atoms with Crippen LogP contribution in [0.25, 0.3) is 33.5 Å². The molecule has 5 rings (SSSR count). The van der Waals surface area contributed by atoms with Gasteiger partial charge >= 0.3 is 0 Å². The number of fused-ring (bicyclic) bond motifs is 1. The Morgan fingerprint density at radius 1 is 0.971 bits per heavy atom. The molecule has 1 fully saturated rings. The van der Waals surface area contributed by atoms with E-state index in [1.54, 1.807) is 19.0 Å². The number of hydrogen-bond acceptors (Lipinski definition) is 5. The second-order valence-corrected chi connectivity index (χ2v) is 9.68. The lowest BCUT2D eigenvalue weighted by Crippen LogP contribution is -2.45. The van der Waals surface area contributed by atoms with Crippen molar-refractivity contribution in [1.82, 2.24) is 24.8 Å². The summed E-state index contributed by atoms with van der Waals surface area (Å²) in [4.78, 5) is 31.6. The van der Waals surface area contributed by atoms with E-state index >= 15 is 0 Å². The van der Waals surface area contributed by atoms with Crippen LogP contribution in [0, 0.1) is 13.8 Å². The molecule has 7 nitrogen and oxygen atoms in total. The number of carbonyl (C=O) groups is 1. The van der Waals surface area contributed by atoms with Gasteiger partial charge in [0.25, 0.3) is 5.91 Å². The first-order chi connectivity index (χ1) is 16.8. The van der Waals surface area contributed by atoms with Crippen LogP contribution in [0.15, 0.2) is 48.8 Å². The largest absolute Gasteiger partial charge is 0.369 e. The van der Waals surface area contributed by atoms with Crippen LogP contribution in [-0.2, 0) is 0 Å². The minimum absolute atomic E-state index is 0.0108. The number of benzene rings is 2. The van der Waals surface area contributed by atoms with Gasteiger partial charge in [-0.3, -0.25) is 4.79 Å². The van der Waals surface area contributed by atoms with Crippen LogP contribution in [0.1, 0.15) is 21.5 Å². The lowest BCUT2D eigenvalue weighted by atomic mass is 10.0. The Bertz CT molecular complexity index is 1360. The summed E-state index contributed by atoms with van der Waals surface area (Å²) in [6, 6.07) is 12.1. The Morgan fingerprint density at radius 3 is 2.26 bits per heavy atom. The first-order valence-corrected chi connectivity index (χ1v) is 12.0. The first kappa shape index (κ1) is 23.1. The number of anilines is 1. The molecule has 180 valence electrons. The highest BCUT2D eigenvalue weighted by Gasteiger charge is 2.19. The molecule has 0 radical (unpaired) electrons. The van der Waals surface area contributed by atoms with Crippen molar-refractivity contribution >= 4 is 22.8 Å². The average Bonchev–Trinajstić information content (AvgIpc) is 3.27. The van der Waals surface area contributed by atoms with Crippen molar-refractivity contribution in [3.8, 4) is 22.4 Å². The van der Waals surface area contributed by atoms with Crippen molar-refractivity contribution < 1.29 is 4.79 Å². The fourth-order valence-corrected chi connectivity index (χ4v) is 4.93. The molecule has 1 amide bonds. The van der Waals surface area contributed by atoms with Gasteiger partial charge in [0, 0.05) is 68.8 Å². The van der Waals surface area contributed by atoms with E-state index in [4.69, 9.17) is 4.98 Å². The van der Waals surface area contributed by atoms with Crippen LogP contribution in [0.5, 0.6) is 0 Å². The molecule has 4 aromatic rings. The number of aryl methyl sites for hydroxylation is 2. The third kappa shape index (κ3) is 4.39. The third-order valence-electron chi connectivity index (χ3n) is 6.84. The van der Waals surface area contributed by atoms with Crippen LogP contribution in [0.3, 0.4) is 0 Å². The molecular formula is C28H32N6O. The van der Waals surface area contributed by atoms with Gasteiger partial charge in [-0.25, -0.2) is 9.97 Å². The molecule has 3 heterocycles. The molecular weight excluding hydrogens is 436 g/mol. The summed E-state index contributed by atoms with van der Waals surface area (Å²) >= 11 is 0. The topological polar surface area (TPSA) is 68.4 Å². The number of nitrogens with zero attached hydrogens (tertiary/aromatic N) is 5. The number of amides is 1. The van der Waals surface area contributed by atoms with Crippen LogP contribution in [-0.4, -0.2) is 78.0 Å². The predicted molar refractivity (Wildman–Crippen MR) is 142 cm³/mol. The molecule has 0 aliphatic carbocycles. The SMILES string of the molecule is Cc1cc(-c2cnc3[nH]cc(-c4ccc(C(=O)N(C)C)cc4)c3n2)cc(C)c1N1CCN(C)CC1. The number of aromatic nitrogens is 3. The van der Waals surface area contributed by atoms with Crippen molar-refractivity contribution in [2.45, 2.75) is 13.8 Å². The molecule has 0 bridgehead atoms. The molecule has 2 aromatic carbocycles. The highest BCUT2D eigenvalue weighted by molar-refractivity contribution is 5.96. The molecule has 0 atom stereocenters. The molecule has 0 spiro atoms. The zero-order valence-electron chi connectivity index (χ0n) is 21.1. The predicted octanol–water partition coefficient (Wildman–Crippen LogP) is 4.36. The van der Waals surface area contributed by atoms with Gasteiger partial charge in [0.1, 0.15) is 5.52 Å². The summed E-state index contributed by atoms with van der Waals surface area (Å²) < 4.78 is 0. The van der Waals surface area contributed by atoms with E-state index in [0.29, 0.717) is 5.56 Å². The van der Waals surface area contributed by atoms with Gasteiger partial charge < -0.3 is 19.7 Å². The van der Waals surface area contributed by atoms with Gasteiger partial charge in [-0.2, -0.15) is 0 Å². The summed E-state index contributed by atoms with van der Waals surface area (Å²) in [5.74, 6) is -0.0108. The smallest absolute Gasteiger partial charge is 0.253 e. The quantitative estimate of drug-likeness (QED) is 0.482. The number of H-pyrrole nitrogens is 1. The molecule has 0 saturated carbocycles. The molecule has 35 heavy (non-hydrogen) atoms. The Morgan fingerprint density at radius 2 is 1.63 bits per heavy atom. The Balaban J connectivity index is 1.49. The summed E-state index contributed by atoms with van der Waals surface area (Å²) in [6.45, 7) is 8.65. The standard InChI is InChI=1S/C28H32N6O/c1-18-14-22(15-19(2)26(18)34-12-10-33(5)11-13-34)24-17-30-27-25(31-24)23(16-29-27)20-6-8-21(9-7-20)28(35)32(3)4/h6-9,14-17H,10-13H2,1-5H3,(H,29,30). The number of aromatic amines is 1. The van der Waals surface area contributed by atoms with Crippen LogP contribution < -0.4 is 4.90 Å². The second kappa shape index (κ2) is 9.15. The Kier molecular flexibility index (Phi) is 6.03. The fourth-order valence-electron chi connectivity index (χ4n) is 4.93. The minimum Gasteiger partial charge on any atom is -0.369 e. The summed E-state index contributed by atoms with van der Waals surface area (Å²) in [7, 11) is 5.70. The summed E-state index contributed by atoms with van der Waals surface area (Å²) in [5.41, 5.74) is 10.0. The maximum absolute atomic E-state index is 12.2. The van der Waals surface area contributed by atoms with Crippen LogP contribution in [0.4, 0.5) is 5.69 Å². The van der Waals surface area contributed by atoms with E-state index in [1.807, 2.05) is 36.7 Å². The second-order valence-electron chi connectivity index (χ2n) is 9.68. The Hall–Kier alpha value is -3.71. The molecule has 1 aliphatic rings. The lowest BCUT2D eigenvalue weighted by Gasteiger charge is -2.36. The molecule has 1 N–H and O–H groups in total. The lowest BCUT2D eigenvalue weighted by molar-refractivity contribution is 0.0827. The number of nitrogens with one attached hydrogen (secondary N) is 1. The van der Waals surface area contributed by atoms with E-state index in [-0.39, 0.29) is 5.91 Å². The summed E-state index contributed by atoms with van der Waals surface area (Å²) in [6.07, 6.45) is 3.77. The molecule has 0 unspecified atom stereocenters. The number of piperazine rings is 1. The highest BCUT2D eigenvalue weighted by Crippen LogP contribution is 2.33. The zero-order chi connectivity index (χ0) is 24.7. The number of rotatable bonds is 4. The third-order valence-corrected chi connectivity index (χ3v) is 6.84. The summed E-state index contributed by atoms with van der Waals surface area (Å²) in [5, 5.41) is 0. The van der Waals surface area contributed by atoms with Gasteiger partial charge in [0.05, 0.1) is 11.9 Å². The normalized spacial score (nSPS) is 14.5. The van der Waals surface area contributed by atoms with Crippen molar-refractivity contribution in [1.29, 1.82) is 0 Å². The van der Waals surface area contributed by atoms with Gasteiger partial charge in [0.15, 0.2) is 5.65 Å². The van der Waals surface area contributed by atoms with E-state index < -0.39 is 0 Å². The van der Waals surface area contributed by atoms with Crippen molar-refractivity contribution in [2.24, 2.45) is 0 Å². The van der Waals surface area contributed by atoms with Crippen LogP contribution >= 0.6 is 0 Å². The molecule has 1 saturated heterocycles. The monoisotopic (exact) mass is 468 g/mol. The van der Waals surface area contributed by atoms with Crippen LogP contribution in [0.2, 0.25) is 0 Å².